The molecule has 0 aliphatic heterocycles. The monoisotopic (exact) mass is 251 g/mol. The van der Waals surface area contributed by atoms with Crippen molar-refractivity contribution in [2.75, 3.05) is 56.5 Å². The number of benzene rings is 1. The van der Waals surface area contributed by atoms with E-state index in [1.54, 1.807) is 19.1 Å². The van der Waals surface area contributed by atoms with Crippen LogP contribution in [0.1, 0.15) is 0 Å². The zero-order chi connectivity index (χ0) is 13.5. The standard InChI is InChI=1S/C13H21N3O2/c1-15(2)12-6-5-11(14-7-8-18-4)9-13(12)16(3)10-17/h5-6,9-10,14H,7-8H2,1-4H3. The van der Waals surface area contributed by atoms with Crippen LogP contribution >= 0.6 is 0 Å². The lowest BCUT2D eigenvalue weighted by Crippen LogP contribution is -2.19. The summed E-state index contributed by atoms with van der Waals surface area (Å²) in [6, 6.07) is 5.94. The Bertz CT molecular complexity index is 394. The van der Waals surface area contributed by atoms with Gasteiger partial charge in [0.15, 0.2) is 0 Å². The number of ether oxygens (including phenoxy) is 1. The molecule has 18 heavy (non-hydrogen) atoms. The molecule has 0 saturated heterocycles. The molecule has 1 aromatic carbocycles. The molecule has 0 spiro atoms. The van der Waals surface area contributed by atoms with Crippen LogP contribution in [0.3, 0.4) is 0 Å². The minimum Gasteiger partial charge on any atom is -0.383 e. The van der Waals surface area contributed by atoms with E-state index in [1.165, 1.54) is 0 Å². The van der Waals surface area contributed by atoms with Gasteiger partial charge in [-0.05, 0) is 18.2 Å². The summed E-state index contributed by atoms with van der Waals surface area (Å²) in [5.41, 5.74) is 2.85. The van der Waals surface area contributed by atoms with Gasteiger partial charge < -0.3 is 19.9 Å². The Morgan fingerprint density at radius 1 is 1.28 bits per heavy atom. The van der Waals surface area contributed by atoms with Gasteiger partial charge in [0.05, 0.1) is 18.0 Å². The van der Waals surface area contributed by atoms with Gasteiger partial charge in [-0.2, -0.15) is 0 Å². The third-order valence-electron chi connectivity index (χ3n) is 2.63. The Morgan fingerprint density at radius 3 is 2.56 bits per heavy atom. The van der Waals surface area contributed by atoms with Crippen molar-refractivity contribution in [2.45, 2.75) is 0 Å². The molecule has 0 bridgehead atoms. The first-order chi connectivity index (χ1) is 8.60. The molecule has 5 nitrogen and oxygen atoms in total. The van der Waals surface area contributed by atoms with E-state index in [9.17, 15) is 4.79 Å². The van der Waals surface area contributed by atoms with Crippen molar-refractivity contribution in [3.8, 4) is 0 Å². The van der Waals surface area contributed by atoms with Crippen LogP contribution in [0.5, 0.6) is 0 Å². The van der Waals surface area contributed by atoms with E-state index in [2.05, 4.69) is 5.32 Å². The Kier molecular flexibility index (Phi) is 5.45. The number of amides is 1. The molecule has 0 unspecified atom stereocenters. The predicted molar refractivity (Wildman–Crippen MR) is 75.6 cm³/mol. The molecule has 1 amide bonds. The molecule has 1 rings (SSSR count). The number of hydrogen-bond donors (Lipinski definition) is 1. The molecule has 1 aromatic rings. The van der Waals surface area contributed by atoms with Gasteiger partial charge in [-0.15, -0.1) is 0 Å². The van der Waals surface area contributed by atoms with Crippen molar-refractivity contribution < 1.29 is 9.53 Å². The molecular weight excluding hydrogens is 230 g/mol. The van der Waals surface area contributed by atoms with Crippen LogP contribution in [0.25, 0.3) is 0 Å². The molecule has 0 aliphatic rings. The van der Waals surface area contributed by atoms with E-state index >= 15 is 0 Å². The van der Waals surface area contributed by atoms with Crippen molar-refractivity contribution in [1.29, 1.82) is 0 Å². The molecule has 100 valence electrons. The van der Waals surface area contributed by atoms with Crippen LogP contribution in [0, 0.1) is 0 Å². The van der Waals surface area contributed by atoms with Gasteiger partial charge in [0.25, 0.3) is 0 Å². The van der Waals surface area contributed by atoms with E-state index in [0.29, 0.717) is 6.61 Å². The minimum absolute atomic E-state index is 0.647. The summed E-state index contributed by atoms with van der Waals surface area (Å²) in [6.07, 6.45) is 0.807. The van der Waals surface area contributed by atoms with Crippen LogP contribution < -0.4 is 15.1 Å². The predicted octanol–water partition coefficient (Wildman–Crippen LogP) is 1.40. The third-order valence-corrected chi connectivity index (χ3v) is 2.63. The van der Waals surface area contributed by atoms with E-state index in [4.69, 9.17) is 4.74 Å². The number of nitrogens with one attached hydrogen (secondary N) is 1. The lowest BCUT2D eigenvalue weighted by molar-refractivity contribution is -0.107. The normalized spacial score (nSPS) is 10.0. The van der Waals surface area contributed by atoms with Crippen LogP contribution in [-0.2, 0) is 9.53 Å². The zero-order valence-electron chi connectivity index (χ0n) is 11.4. The maximum atomic E-state index is 10.9. The summed E-state index contributed by atoms with van der Waals surface area (Å²) in [7, 11) is 7.32. The van der Waals surface area contributed by atoms with Crippen LogP contribution in [0.15, 0.2) is 18.2 Å². The Labute approximate surface area is 108 Å². The Morgan fingerprint density at radius 2 is 2.00 bits per heavy atom. The van der Waals surface area contributed by atoms with Crippen LogP contribution in [-0.4, -0.2) is 47.8 Å². The summed E-state index contributed by atoms with van der Waals surface area (Å²) in [5.74, 6) is 0. The van der Waals surface area contributed by atoms with Crippen molar-refractivity contribution in [3.63, 3.8) is 0 Å². The molecular formula is C13H21N3O2. The lowest BCUT2D eigenvalue weighted by atomic mass is 10.2. The maximum Gasteiger partial charge on any atom is 0.213 e. The first-order valence-corrected chi connectivity index (χ1v) is 5.82. The van der Waals surface area contributed by atoms with Gasteiger partial charge in [0, 0.05) is 40.5 Å². The highest BCUT2D eigenvalue weighted by molar-refractivity contribution is 5.85. The largest absolute Gasteiger partial charge is 0.383 e. The van der Waals surface area contributed by atoms with Crippen molar-refractivity contribution in [2.24, 2.45) is 0 Å². The summed E-state index contributed by atoms with van der Waals surface area (Å²) in [5, 5.41) is 3.24. The second-order valence-electron chi connectivity index (χ2n) is 4.23. The summed E-state index contributed by atoms with van der Waals surface area (Å²) in [4.78, 5) is 14.5. The molecule has 1 N–H and O–H groups in total. The highest BCUT2D eigenvalue weighted by Crippen LogP contribution is 2.29. The Balaban J connectivity index is 2.94. The van der Waals surface area contributed by atoms with Crippen LogP contribution in [0.4, 0.5) is 17.1 Å². The molecule has 0 radical (unpaired) electrons. The fourth-order valence-electron chi connectivity index (χ4n) is 1.65. The van der Waals surface area contributed by atoms with Gasteiger partial charge in [0.1, 0.15) is 0 Å². The van der Waals surface area contributed by atoms with Gasteiger partial charge in [-0.25, -0.2) is 0 Å². The summed E-state index contributed by atoms with van der Waals surface area (Å²) >= 11 is 0. The van der Waals surface area contributed by atoms with Crippen molar-refractivity contribution >= 4 is 23.5 Å². The van der Waals surface area contributed by atoms with E-state index in [0.717, 1.165) is 30.0 Å². The minimum atomic E-state index is 0.647. The molecule has 0 saturated carbocycles. The second-order valence-corrected chi connectivity index (χ2v) is 4.23. The molecule has 0 fully saturated rings. The number of methoxy groups -OCH3 is 1. The van der Waals surface area contributed by atoms with E-state index in [1.807, 2.05) is 37.2 Å². The molecule has 0 aromatic heterocycles. The lowest BCUT2D eigenvalue weighted by Gasteiger charge is -2.22. The van der Waals surface area contributed by atoms with Crippen molar-refractivity contribution in [3.05, 3.63) is 18.2 Å². The summed E-state index contributed by atoms with van der Waals surface area (Å²) in [6.45, 7) is 1.39. The smallest absolute Gasteiger partial charge is 0.213 e. The molecule has 0 heterocycles. The fourth-order valence-corrected chi connectivity index (χ4v) is 1.65. The SMILES string of the molecule is COCCNc1ccc(N(C)C)c(N(C)C=O)c1. The zero-order valence-corrected chi connectivity index (χ0v) is 11.4. The third kappa shape index (κ3) is 3.63. The number of rotatable bonds is 7. The first-order valence-electron chi connectivity index (χ1n) is 5.82. The van der Waals surface area contributed by atoms with E-state index in [-0.39, 0.29) is 0 Å². The highest BCUT2D eigenvalue weighted by atomic mass is 16.5. The quantitative estimate of drug-likeness (QED) is 0.588. The van der Waals surface area contributed by atoms with Gasteiger partial charge in [-0.1, -0.05) is 0 Å². The first kappa shape index (κ1) is 14.3. The van der Waals surface area contributed by atoms with Gasteiger partial charge in [0.2, 0.25) is 6.41 Å². The molecule has 0 atom stereocenters. The maximum absolute atomic E-state index is 10.9. The van der Waals surface area contributed by atoms with E-state index < -0.39 is 0 Å². The fraction of sp³-hybridized carbons (Fsp3) is 0.462. The highest BCUT2D eigenvalue weighted by Gasteiger charge is 2.09. The second kappa shape index (κ2) is 6.86. The van der Waals surface area contributed by atoms with Gasteiger partial charge >= 0.3 is 0 Å². The average Bonchev–Trinajstić information content (AvgIpc) is 2.37. The molecule has 0 aliphatic carbocycles. The van der Waals surface area contributed by atoms with Gasteiger partial charge in [-0.3, -0.25) is 4.79 Å². The Hall–Kier alpha value is -1.75. The average molecular weight is 251 g/mol. The summed E-state index contributed by atoms with van der Waals surface area (Å²) < 4.78 is 4.99. The van der Waals surface area contributed by atoms with Crippen LogP contribution in [0.2, 0.25) is 0 Å². The molecule has 5 heteroatoms. The number of nitrogens with zero attached hydrogens (tertiary/aromatic N) is 2. The number of hydrogen-bond acceptors (Lipinski definition) is 4. The van der Waals surface area contributed by atoms with Crippen molar-refractivity contribution in [1.82, 2.24) is 0 Å². The number of carbonyl (C=O) groups is 1. The number of carbonyl (C=O) groups excluding carboxylic acids is 1. The topological polar surface area (TPSA) is 44.8 Å². The number of anilines is 3.